The molecule has 0 saturated heterocycles. The van der Waals surface area contributed by atoms with Gasteiger partial charge in [0, 0.05) is 6.42 Å². The Morgan fingerprint density at radius 3 is 2.62 bits per heavy atom. The largest absolute Gasteiger partial charge is 0.496 e. The second-order valence-electron chi connectivity index (χ2n) is 5.10. The molecule has 0 aliphatic heterocycles. The molecule has 3 rings (SSSR count). The molecule has 21 heavy (non-hydrogen) atoms. The minimum atomic E-state index is -0.293. The van der Waals surface area contributed by atoms with Crippen LogP contribution in [0.5, 0.6) is 5.75 Å². The van der Waals surface area contributed by atoms with E-state index in [0.29, 0.717) is 16.5 Å². The highest BCUT2D eigenvalue weighted by Gasteiger charge is 2.30. The van der Waals surface area contributed by atoms with Crippen molar-refractivity contribution in [2.45, 2.75) is 18.8 Å². The first kappa shape index (κ1) is 14.4. The molecule has 0 aromatic heterocycles. The molecule has 0 radical (unpaired) electrons. The van der Waals surface area contributed by atoms with E-state index in [1.54, 1.807) is 19.2 Å². The number of methoxy groups -OCH3 is 1. The third kappa shape index (κ3) is 2.54. The first-order valence-corrected chi connectivity index (χ1v) is 7.51. The number of carbonyl (C=O) groups excluding carboxylic acids is 1. The van der Waals surface area contributed by atoms with Crippen LogP contribution in [0, 0.1) is 0 Å². The normalized spacial score (nSPS) is 17.5. The van der Waals surface area contributed by atoms with E-state index in [-0.39, 0.29) is 11.7 Å². The lowest BCUT2D eigenvalue weighted by Gasteiger charge is -2.26. The number of rotatable bonds is 2. The molecule has 0 saturated carbocycles. The number of Topliss-reactive ketones (excluding diaryl/α,β-unsaturated/α-hetero) is 1. The van der Waals surface area contributed by atoms with Crippen LogP contribution in [0.1, 0.15) is 29.0 Å². The summed E-state index contributed by atoms with van der Waals surface area (Å²) in [4.78, 5) is 12.4. The Morgan fingerprint density at radius 1 is 1.10 bits per heavy atom. The van der Waals surface area contributed by atoms with E-state index in [9.17, 15) is 4.79 Å². The van der Waals surface area contributed by atoms with Gasteiger partial charge in [-0.15, -0.1) is 0 Å². The van der Waals surface area contributed by atoms with E-state index in [1.165, 1.54) is 0 Å². The Morgan fingerprint density at radius 2 is 1.90 bits per heavy atom. The minimum Gasteiger partial charge on any atom is -0.496 e. The number of hydrogen-bond acceptors (Lipinski definition) is 2. The fraction of sp³-hybridized carbons (Fsp3) is 0.235. The van der Waals surface area contributed by atoms with Crippen molar-refractivity contribution in [3.8, 4) is 5.75 Å². The van der Waals surface area contributed by atoms with Crippen molar-refractivity contribution in [1.82, 2.24) is 0 Å². The SMILES string of the molecule is COc1cccc2c1CCC(=O)C2c1ccc(Cl)c(Cl)c1. The summed E-state index contributed by atoms with van der Waals surface area (Å²) in [5.41, 5.74) is 2.99. The molecular formula is C17H14Cl2O2. The van der Waals surface area contributed by atoms with E-state index in [2.05, 4.69) is 0 Å². The molecule has 4 heteroatoms. The molecule has 2 aromatic carbocycles. The number of ether oxygens (including phenoxy) is 1. The minimum absolute atomic E-state index is 0.203. The second kappa shape index (κ2) is 5.70. The average molecular weight is 321 g/mol. The Balaban J connectivity index is 2.15. The number of hydrogen-bond donors (Lipinski definition) is 0. The van der Waals surface area contributed by atoms with Gasteiger partial charge < -0.3 is 4.74 Å². The van der Waals surface area contributed by atoms with Gasteiger partial charge in [0.1, 0.15) is 11.5 Å². The molecule has 2 nitrogen and oxygen atoms in total. The van der Waals surface area contributed by atoms with Gasteiger partial charge in [-0.2, -0.15) is 0 Å². The highest BCUT2D eigenvalue weighted by molar-refractivity contribution is 6.42. The Hall–Kier alpha value is -1.51. The predicted molar refractivity (Wildman–Crippen MR) is 84.6 cm³/mol. The van der Waals surface area contributed by atoms with Crippen LogP contribution in [0.2, 0.25) is 10.0 Å². The molecule has 0 spiro atoms. The van der Waals surface area contributed by atoms with Gasteiger partial charge in [0.15, 0.2) is 0 Å². The van der Waals surface area contributed by atoms with Crippen LogP contribution in [-0.4, -0.2) is 12.9 Å². The van der Waals surface area contributed by atoms with Crippen LogP contribution < -0.4 is 4.74 Å². The van der Waals surface area contributed by atoms with Crippen LogP contribution in [0.3, 0.4) is 0 Å². The quantitative estimate of drug-likeness (QED) is 0.805. The molecule has 0 amide bonds. The van der Waals surface area contributed by atoms with Crippen LogP contribution >= 0.6 is 23.2 Å². The average Bonchev–Trinajstić information content (AvgIpc) is 2.49. The molecule has 1 atom stereocenters. The molecule has 0 N–H and O–H groups in total. The first-order valence-electron chi connectivity index (χ1n) is 6.75. The molecule has 2 aromatic rings. The van der Waals surface area contributed by atoms with Gasteiger partial charge >= 0.3 is 0 Å². The zero-order valence-corrected chi connectivity index (χ0v) is 13.0. The van der Waals surface area contributed by atoms with Crippen LogP contribution in [0.25, 0.3) is 0 Å². The number of halogens is 2. The lowest BCUT2D eigenvalue weighted by molar-refractivity contribution is -0.120. The van der Waals surface area contributed by atoms with Gasteiger partial charge in [-0.1, -0.05) is 41.4 Å². The highest BCUT2D eigenvalue weighted by atomic mass is 35.5. The first-order chi connectivity index (χ1) is 10.1. The molecule has 0 bridgehead atoms. The van der Waals surface area contributed by atoms with E-state index in [0.717, 1.165) is 28.9 Å². The summed E-state index contributed by atoms with van der Waals surface area (Å²) in [6, 6.07) is 11.2. The molecule has 1 unspecified atom stereocenters. The van der Waals surface area contributed by atoms with E-state index >= 15 is 0 Å². The maximum atomic E-state index is 12.4. The van der Waals surface area contributed by atoms with E-state index in [4.69, 9.17) is 27.9 Å². The smallest absolute Gasteiger partial charge is 0.145 e. The molecule has 1 aliphatic carbocycles. The van der Waals surface area contributed by atoms with Crippen molar-refractivity contribution in [3.63, 3.8) is 0 Å². The topological polar surface area (TPSA) is 26.3 Å². The summed E-state index contributed by atoms with van der Waals surface area (Å²) in [6.07, 6.45) is 1.23. The maximum absolute atomic E-state index is 12.4. The van der Waals surface area contributed by atoms with Crippen molar-refractivity contribution in [1.29, 1.82) is 0 Å². The van der Waals surface area contributed by atoms with Crippen molar-refractivity contribution in [2.75, 3.05) is 7.11 Å². The number of fused-ring (bicyclic) bond motifs is 1. The third-order valence-electron chi connectivity index (χ3n) is 3.92. The van der Waals surface area contributed by atoms with Gasteiger partial charge in [-0.3, -0.25) is 4.79 Å². The molecule has 0 heterocycles. The number of benzene rings is 2. The summed E-state index contributed by atoms with van der Waals surface area (Å²) in [6.45, 7) is 0. The van der Waals surface area contributed by atoms with Gasteiger partial charge in [-0.05, 0) is 41.3 Å². The molecular weight excluding hydrogens is 307 g/mol. The summed E-state index contributed by atoms with van der Waals surface area (Å²) >= 11 is 12.1. The lowest BCUT2D eigenvalue weighted by atomic mass is 9.78. The molecule has 0 fully saturated rings. The maximum Gasteiger partial charge on any atom is 0.145 e. The lowest BCUT2D eigenvalue weighted by Crippen LogP contribution is -2.22. The van der Waals surface area contributed by atoms with E-state index < -0.39 is 0 Å². The van der Waals surface area contributed by atoms with Gasteiger partial charge in [0.25, 0.3) is 0 Å². The molecule has 1 aliphatic rings. The Labute approximate surface area is 133 Å². The summed E-state index contributed by atoms with van der Waals surface area (Å²) < 4.78 is 5.42. The summed E-state index contributed by atoms with van der Waals surface area (Å²) in [7, 11) is 1.65. The predicted octanol–water partition coefficient (Wildman–Crippen LogP) is 4.65. The van der Waals surface area contributed by atoms with E-state index in [1.807, 2.05) is 24.3 Å². The van der Waals surface area contributed by atoms with Crippen molar-refractivity contribution >= 4 is 29.0 Å². The van der Waals surface area contributed by atoms with Crippen molar-refractivity contribution in [3.05, 3.63) is 63.1 Å². The van der Waals surface area contributed by atoms with Crippen molar-refractivity contribution in [2.24, 2.45) is 0 Å². The Kier molecular flexibility index (Phi) is 3.92. The summed E-state index contributed by atoms with van der Waals surface area (Å²) in [5, 5.41) is 0.964. The fourth-order valence-corrected chi connectivity index (χ4v) is 3.24. The number of ketones is 1. The standard InChI is InChI=1S/C17H14Cl2O2/c1-21-16-4-2-3-12-11(16)6-8-15(20)17(12)10-5-7-13(18)14(19)9-10/h2-5,7,9,17H,6,8H2,1H3. The summed E-state index contributed by atoms with van der Waals surface area (Å²) in [5.74, 6) is 0.748. The zero-order chi connectivity index (χ0) is 15.0. The van der Waals surface area contributed by atoms with Crippen LogP contribution in [-0.2, 0) is 11.2 Å². The van der Waals surface area contributed by atoms with Crippen LogP contribution in [0.4, 0.5) is 0 Å². The van der Waals surface area contributed by atoms with Crippen molar-refractivity contribution < 1.29 is 9.53 Å². The second-order valence-corrected chi connectivity index (χ2v) is 5.92. The molecule has 108 valence electrons. The monoisotopic (exact) mass is 320 g/mol. The fourth-order valence-electron chi connectivity index (χ4n) is 2.94. The Bertz CT molecular complexity index is 710. The third-order valence-corrected chi connectivity index (χ3v) is 4.66. The highest BCUT2D eigenvalue weighted by Crippen LogP contribution is 2.39. The van der Waals surface area contributed by atoms with Gasteiger partial charge in [-0.25, -0.2) is 0 Å². The van der Waals surface area contributed by atoms with Crippen LogP contribution in [0.15, 0.2) is 36.4 Å². The number of carbonyl (C=O) groups is 1. The zero-order valence-electron chi connectivity index (χ0n) is 11.5. The van der Waals surface area contributed by atoms with Gasteiger partial charge in [0.2, 0.25) is 0 Å². The van der Waals surface area contributed by atoms with Gasteiger partial charge in [0.05, 0.1) is 23.1 Å².